The Morgan fingerprint density at radius 2 is 1.65 bits per heavy atom. The Balaban J connectivity index is -0.0000000960. The molecule has 0 unspecified atom stereocenters. The molecular formula is C10H25AlCl4N2. The van der Waals surface area contributed by atoms with Crippen LogP contribution in [0.15, 0.2) is 12.4 Å². The van der Waals surface area contributed by atoms with Gasteiger partial charge in [0.15, 0.2) is 17.4 Å². The van der Waals surface area contributed by atoms with Crippen LogP contribution in [-0.4, -0.2) is 26.9 Å². The van der Waals surface area contributed by atoms with Gasteiger partial charge in [0.2, 0.25) is 0 Å². The monoisotopic (exact) mass is 340 g/mol. The average molecular weight is 342 g/mol. The fourth-order valence-corrected chi connectivity index (χ4v) is 1.35. The molecule has 1 heterocycles. The van der Waals surface area contributed by atoms with E-state index in [4.69, 9.17) is 0 Å². The minimum absolute atomic E-state index is 0. The Morgan fingerprint density at radius 3 is 2.06 bits per heavy atom. The Hall–Kier alpha value is 0.902. The molecule has 0 fully saturated rings. The summed E-state index contributed by atoms with van der Waals surface area (Å²) in [7, 11) is 2.06. The van der Waals surface area contributed by atoms with Crippen LogP contribution in [0, 0.1) is 0 Å². The van der Waals surface area contributed by atoms with Crippen LogP contribution >= 0.6 is 49.6 Å². The molecule has 0 aliphatic rings. The van der Waals surface area contributed by atoms with Crippen LogP contribution in [-0.2, 0) is 13.5 Å². The number of hydrogen-bond donors (Lipinski definition) is 0. The number of imidazole rings is 1. The van der Waals surface area contributed by atoms with Crippen LogP contribution in [0.25, 0.3) is 0 Å². The lowest BCUT2D eigenvalue weighted by Gasteiger charge is -2.00. The number of unbranched alkanes of at least 4 members (excludes halogenated alkanes) is 3. The molecule has 0 aliphatic heterocycles. The number of aryl methyl sites for hydroxylation is 2. The predicted molar refractivity (Wildman–Crippen MR) is 90.0 cm³/mol. The van der Waals surface area contributed by atoms with Crippen molar-refractivity contribution in [2.45, 2.75) is 39.0 Å². The third-order valence-electron chi connectivity index (χ3n) is 2.17. The fraction of sp³-hybridized carbons (Fsp3) is 0.700. The summed E-state index contributed by atoms with van der Waals surface area (Å²) in [6.45, 7) is 2.24. The molecule has 0 amide bonds. The van der Waals surface area contributed by atoms with E-state index in [0.717, 1.165) is 6.42 Å². The van der Waals surface area contributed by atoms with Gasteiger partial charge in [-0.25, -0.2) is 4.98 Å². The van der Waals surface area contributed by atoms with Crippen molar-refractivity contribution in [2.24, 2.45) is 7.05 Å². The summed E-state index contributed by atoms with van der Waals surface area (Å²) >= 11 is 0. The largest absolute Gasteiger partial charge is 0.338 e. The molecule has 2 nitrogen and oxygen atoms in total. The van der Waals surface area contributed by atoms with Crippen molar-refractivity contribution < 1.29 is 0 Å². The van der Waals surface area contributed by atoms with Gasteiger partial charge in [-0.05, 0) is 6.42 Å². The SMILES string of the molecule is CCCCCCc1nccn1C.Cl.Cl.Cl.Cl.[AlH3]. The second kappa shape index (κ2) is 19.2. The Labute approximate surface area is 140 Å². The molecule has 0 saturated heterocycles. The van der Waals surface area contributed by atoms with Crippen LogP contribution < -0.4 is 0 Å². The number of rotatable bonds is 5. The maximum atomic E-state index is 4.28. The Morgan fingerprint density at radius 1 is 1.06 bits per heavy atom. The van der Waals surface area contributed by atoms with Crippen molar-refractivity contribution >= 4 is 67.0 Å². The fourth-order valence-electron chi connectivity index (χ4n) is 1.35. The van der Waals surface area contributed by atoms with E-state index in [1.54, 1.807) is 0 Å². The molecule has 0 saturated carbocycles. The van der Waals surface area contributed by atoms with Gasteiger partial charge in [-0.1, -0.05) is 26.2 Å². The Kier molecular flexibility index (Phi) is 34.8. The lowest BCUT2D eigenvalue weighted by Crippen LogP contribution is -1.96. The lowest BCUT2D eigenvalue weighted by molar-refractivity contribution is 0.639. The third kappa shape index (κ3) is 13.1. The number of aromatic nitrogens is 2. The van der Waals surface area contributed by atoms with Gasteiger partial charge >= 0.3 is 0 Å². The second-order valence-electron chi connectivity index (χ2n) is 3.27. The summed E-state index contributed by atoms with van der Waals surface area (Å²) < 4.78 is 2.10. The molecule has 0 aliphatic carbocycles. The summed E-state index contributed by atoms with van der Waals surface area (Å²) in [6, 6.07) is 0. The number of hydrogen-bond acceptors (Lipinski definition) is 1. The van der Waals surface area contributed by atoms with E-state index in [9.17, 15) is 0 Å². The summed E-state index contributed by atoms with van der Waals surface area (Å²) in [4.78, 5) is 4.28. The summed E-state index contributed by atoms with van der Waals surface area (Å²) in [5.74, 6) is 1.21. The van der Waals surface area contributed by atoms with Crippen LogP contribution in [0.2, 0.25) is 0 Å². The van der Waals surface area contributed by atoms with Crippen molar-refractivity contribution in [1.82, 2.24) is 9.55 Å². The summed E-state index contributed by atoms with van der Waals surface area (Å²) in [5.41, 5.74) is 0. The number of nitrogens with zero attached hydrogens (tertiary/aromatic N) is 2. The van der Waals surface area contributed by atoms with Crippen molar-refractivity contribution in [3.8, 4) is 0 Å². The smallest absolute Gasteiger partial charge is 0.187 e. The minimum atomic E-state index is 0. The molecule has 1 aromatic heterocycles. The first-order valence-corrected chi connectivity index (χ1v) is 4.80. The molecule has 0 aromatic carbocycles. The highest BCUT2D eigenvalue weighted by atomic mass is 35.5. The zero-order valence-electron chi connectivity index (χ0n) is 9.72. The highest BCUT2D eigenvalue weighted by Crippen LogP contribution is 2.04. The van der Waals surface area contributed by atoms with Crippen LogP contribution in [0.1, 0.15) is 38.4 Å². The lowest BCUT2D eigenvalue weighted by atomic mass is 10.1. The first kappa shape index (κ1) is 30.7. The van der Waals surface area contributed by atoms with Gasteiger partial charge in [-0.2, -0.15) is 0 Å². The van der Waals surface area contributed by atoms with E-state index in [1.165, 1.54) is 31.5 Å². The van der Waals surface area contributed by atoms with Gasteiger partial charge < -0.3 is 4.57 Å². The zero-order valence-corrected chi connectivity index (χ0v) is 13.0. The molecule has 7 heteroatoms. The topological polar surface area (TPSA) is 17.8 Å². The molecule has 0 bridgehead atoms. The van der Waals surface area contributed by atoms with E-state index in [2.05, 4.69) is 23.5 Å². The van der Waals surface area contributed by atoms with Gasteiger partial charge in [0.1, 0.15) is 5.82 Å². The molecular weight excluding hydrogens is 317 g/mol. The predicted octanol–water partition coefficient (Wildman–Crippen LogP) is 3.05. The summed E-state index contributed by atoms with van der Waals surface area (Å²) in [6.07, 6.45) is 10.3. The van der Waals surface area contributed by atoms with E-state index in [-0.39, 0.29) is 67.0 Å². The highest BCUT2D eigenvalue weighted by Gasteiger charge is 1.97. The standard InChI is InChI=1S/C10H18N2.Al.4ClH.3H/c1-3-4-5-6-7-10-11-8-9-12(10)2;;;;;;;;/h8-9H,3-7H2,1-2H3;;4*1H;;;. The van der Waals surface area contributed by atoms with Gasteiger partial charge in [0, 0.05) is 25.9 Å². The maximum absolute atomic E-state index is 4.28. The zero-order chi connectivity index (χ0) is 8.81. The maximum Gasteiger partial charge on any atom is 0.187 e. The van der Waals surface area contributed by atoms with E-state index in [1.807, 2.05) is 12.4 Å². The van der Waals surface area contributed by atoms with Gasteiger partial charge in [-0.15, -0.1) is 49.6 Å². The first-order valence-electron chi connectivity index (χ1n) is 4.80. The normalized spacial score (nSPS) is 7.41. The van der Waals surface area contributed by atoms with Gasteiger partial charge in [0.25, 0.3) is 0 Å². The van der Waals surface area contributed by atoms with Crippen molar-refractivity contribution in [2.75, 3.05) is 0 Å². The van der Waals surface area contributed by atoms with Crippen LogP contribution in [0.3, 0.4) is 0 Å². The molecule has 0 N–H and O–H groups in total. The van der Waals surface area contributed by atoms with Crippen LogP contribution in [0.5, 0.6) is 0 Å². The molecule has 17 heavy (non-hydrogen) atoms. The molecule has 0 spiro atoms. The molecule has 1 rings (SSSR count). The molecule has 106 valence electrons. The Bertz CT molecular complexity index is 234. The molecule has 0 radical (unpaired) electrons. The average Bonchev–Trinajstić information content (AvgIpc) is 2.46. The molecule has 1 aromatic rings. The van der Waals surface area contributed by atoms with E-state index < -0.39 is 0 Å². The van der Waals surface area contributed by atoms with Crippen LogP contribution in [0.4, 0.5) is 0 Å². The quantitative estimate of drug-likeness (QED) is 0.594. The van der Waals surface area contributed by atoms with Crippen molar-refractivity contribution in [3.63, 3.8) is 0 Å². The van der Waals surface area contributed by atoms with E-state index >= 15 is 0 Å². The third-order valence-corrected chi connectivity index (χ3v) is 2.17. The summed E-state index contributed by atoms with van der Waals surface area (Å²) in [5, 5.41) is 0. The van der Waals surface area contributed by atoms with Gasteiger partial charge in [-0.3, -0.25) is 0 Å². The van der Waals surface area contributed by atoms with Crippen molar-refractivity contribution in [3.05, 3.63) is 18.2 Å². The first-order chi connectivity index (χ1) is 5.84. The molecule has 0 atom stereocenters. The number of halogens is 4. The van der Waals surface area contributed by atoms with Crippen molar-refractivity contribution in [1.29, 1.82) is 0 Å². The van der Waals surface area contributed by atoms with Gasteiger partial charge in [0.05, 0.1) is 0 Å². The van der Waals surface area contributed by atoms with E-state index in [0.29, 0.717) is 0 Å². The minimum Gasteiger partial charge on any atom is -0.338 e. The highest BCUT2D eigenvalue weighted by molar-refractivity contribution is 5.86. The second-order valence-corrected chi connectivity index (χ2v) is 3.27.